The van der Waals surface area contributed by atoms with Crippen LogP contribution in [0.15, 0.2) is 29.3 Å². The van der Waals surface area contributed by atoms with E-state index in [1.807, 2.05) is 31.2 Å². The number of carbonyl (C=O) groups excluding carboxylic acids is 1. The minimum absolute atomic E-state index is 0. The van der Waals surface area contributed by atoms with Gasteiger partial charge in [0.15, 0.2) is 12.6 Å². The highest BCUT2D eigenvalue weighted by atomic mass is 127. The van der Waals surface area contributed by atoms with Gasteiger partial charge in [-0.1, -0.05) is 12.1 Å². The van der Waals surface area contributed by atoms with E-state index in [-0.39, 0.29) is 42.5 Å². The second-order valence-electron chi connectivity index (χ2n) is 5.42. The molecule has 3 N–H and O–H groups in total. The lowest BCUT2D eigenvalue weighted by molar-refractivity contribution is -0.121. The summed E-state index contributed by atoms with van der Waals surface area (Å²) in [5.41, 5.74) is 6.62. The lowest BCUT2D eigenvalue weighted by atomic mass is 10.2. The molecular weight excluding hydrogens is 423 g/mol. The van der Waals surface area contributed by atoms with Gasteiger partial charge in [0.2, 0.25) is 0 Å². The van der Waals surface area contributed by atoms with Crippen molar-refractivity contribution in [2.24, 2.45) is 10.7 Å². The first-order valence-electron chi connectivity index (χ1n) is 7.69. The van der Waals surface area contributed by atoms with Crippen molar-refractivity contribution in [2.45, 2.75) is 19.4 Å². The van der Waals surface area contributed by atoms with Crippen molar-refractivity contribution in [1.29, 1.82) is 0 Å². The highest BCUT2D eigenvalue weighted by molar-refractivity contribution is 14.0. The number of benzene rings is 1. The standard InChI is InChI=1S/C16H24N4O3.HI/c1-12(10-22-2)19-16(17)18-8-5-9-20-13-6-3-4-7-14(13)23-11-15(20)21;/h3-4,6-7,12H,5,8-11H2,1-2H3,(H3,17,18,19);1H. The third-order valence-corrected chi connectivity index (χ3v) is 3.44. The van der Waals surface area contributed by atoms with Crippen LogP contribution in [0, 0.1) is 0 Å². The first-order valence-corrected chi connectivity index (χ1v) is 7.69. The summed E-state index contributed by atoms with van der Waals surface area (Å²) in [6, 6.07) is 7.65. The molecule has 1 aliphatic rings. The average Bonchev–Trinajstić information content (AvgIpc) is 2.53. The molecule has 1 heterocycles. The Morgan fingerprint density at radius 3 is 3.00 bits per heavy atom. The lowest BCUT2D eigenvalue weighted by Crippen LogP contribution is -2.41. The number of aliphatic imine (C=N–C) groups is 1. The number of nitrogens with zero attached hydrogens (tertiary/aromatic N) is 2. The third kappa shape index (κ3) is 5.82. The molecule has 1 unspecified atom stereocenters. The van der Waals surface area contributed by atoms with E-state index in [2.05, 4.69) is 10.3 Å². The maximum absolute atomic E-state index is 12.0. The van der Waals surface area contributed by atoms with Crippen molar-refractivity contribution in [3.05, 3.63) is 24.3 Å². The number of nitrogens with one attached hydrogen (secondary N) is 1. The molecule has 1 aliphatic heterocycles. The lowest BCUT2D eigenvalue weighted by Gasteiger charge is -2.29. The minimum Gasteiger partial charge on any atom is -0.482 e. The van der Waals surface area contributed by atoms with E-state index in [0.717, 1.165) is 17.9 Å². The van der Waals surface area contributed by atoms with E-state index in [1.165, 1.54) is 0 Å². The van der Waals surface area contributed by atoms with E-state index < -0.39 is 0 Å². The number of ether oxygens (including phenoxy) is 2. The second kappa shape index (κ2) is 10.3. The zero-order chi connectivity index (χ0) is 16.7. The van der Waals surface area contributed by atoms with Crippen LogP contribution in [0.5, 0.6) is 5.75 Å². The maximum atomic E-state index is 12.0. The fourth-order valence-electron chi connectivity index (χ4n) is 2.42. The molecule has 0 saturated carbocycles. The number of carbonyl (C=O) groups is 1. The maximum Gasteiger partial charge on any atom is 0.265 e. The van der Waals surface area contributed by atoms with Gasteiger partial charge in [-0.2, -0.15) is 0 Å². The SMILES string of the molecule is COCC(C)NC(N)=NCCCN1C(=O)COc2ccccc21.I. The van der Waals surface area contributed by atoms with Gasteiger partial charge >= 0.3 is 0 Å². The summed E-state index contributed by atoms with van der Waals surface area (Å²) in [6.07, 6.45) is 0.723. The van der Waals surface area contributed by atoms with Crippen molar-refractivity contribution >= 4 is 41.5 Å². The highest BCUT2D eigenvalue weighted by Crippen LogP contribution is 2.31. The number of methoxy groups -OCH3 is 1. The number of hydrogen-bond acceptors (Lipinski definition) is 4. The fourth-order valence-corrected chi connectivity index (χ4v) is 2.42. The quantitative estimate of drug-likeness (QED) is 0.285. The monoisotopic (exact) mass is 448 g/mol. The van der Waals surface area contributed by atoms with Crippen molar-refractivity contribution in [3.63, 3.8) is 0 Å². The molecule has 0 fully saturated rings. The number of amides is 1. The molecule has 0 aromatic heterocycles. The summed E-state index contributed by atoms with van der Waals surface area (Å²) in [7, 11) is 1.64. The normalized spacial score (nSPS) is 15.2. The van der Waals surface area contributed by atoms with E-state index in [9.17, 15) is 4.79 Å². The molecule has 8 heteroatoms. The number of halogens is 1. The summed E-state index contributed by atoms with van der Waals surface area (Å²) in [5, 5.41) is 3.05. The smallest absolute Gasteiger partial charge is 0.265 e. The number of para-hydroxylation sites is 2. The van der Waals surface area contributed by atoms with Crippen LogP contribution in [0.25, 0.3) is 0 Å². The van der Waals surface area contributed by atoms with E-state index in [4.69, 9.17) is 15.2 Å². The summed E-state index contributed by atoms with van der Waals surface area (Å²) >= 11 is 0. The second-order valence-corrected chi connectivity index (χ2v) is 5.42. The van der Waals surface area contributed by atoms with Crippen molar-refractivity contribution in [2.75, 3.05) is 38.3 Å². The number of guanidine groups is 1. The number of rotatable bonds is 7. The molecule has 0 bridgehead atoms. The van der Waals surface area contributed by atoms with Gasteiger partial charge in [-0.3, -0.25) is 9.79 Å². The van der Waals surface area contributed by atoms with Crippen LogP contribution in [-0.4, -0.2) is 51.3 Å². The molecule has 0 aliphatic carbocycles. The third-order valence-electron chi connectivity index (χ3n) is 3.44. The Morgan fingerprint density at radius 1 is 1.50 bits per heavy atom. The Bertz CT molecular complexity index is 568. The van der Waals surface area contributed by atoms with Crippen LogP contribution >= 0.6 is 24.0 Å². The molecule has 1 aromatic rings. The number of nitrogens with two attached hydrogens (primary N) is 1. The predicted octanol–water partition coefficient (Wildman–Crippen LogP) is 1.36. The molecule has 0 spiro atoms. The Morgan fingerprint density at radius 2 is 2.25 bits per heavy atom. The van der Waals surface area contributed by atoms with Crippen molar-refractivity contribution < 1.29 is 14.3 Å². The molecule has 1 atom stereocenters. The zero-order valence-electron chi connectivity index (χ0n) is 14.0. The molecule has 7 nitrogen and oxygen atoms in total. The minimum atomic E-state index is -0.0347. The summed E-state index contributed by atoms with van der Waals surface area (Å²) in [4.78, 5) is 18.0. The van der Waals surface area contributed by atoms with Gasteiger partial charge in [0.25, 0.3) is 5.91 Å². The summed E-state index contributed by atoms with van der Waals surface area (Å²) in [6.45, 7) is 3.75. The number of hydrogen-bond donors (Lipinski definition) is 2. The first kappa shape index (κ1) is 20.5. The van der Waals surface area contributed by atoms with Gasteiger partial charge < -0.3 is 25.4 Å². The molecule has 0 saturated heterocycles. The Labute approximate surface area is 159 Å². The molecule has 1 aromatic carbocycles. The molecule has 1 amide bonds. The Hall–Kier alpha value is -1.55. The summed E-state index contributed by atoms with van der Waals surface area (Å²) in [5.74, 6) is 1.10. The van der Waals surface area contributed by atoms with Gasteiger partial charge in [0.1, 0.15) is 5.75 Å². The van der Waals surface area contributed by atoms with Crippen LogP contribution in [0.3, 0.4) is 0 Å². The topological polar surface area (TPSA) is 89.2 Å². The van der Waals surface area contributed by atoms with Crippen LogP contribution < -0.4 is 20.7 Å². The predicted molar refractivity (Wildman–Crippen MR) is 105 cm³/mol. The van der Waals surface area contributed by atoms with Crippen molar-refractivity contribution in [1.82, 2.24) is 5.32 Å². The molecule has 24 heavy (non-hydrogen) atoms. The first-order chi connectivity index (χ1) is 11.1. The van der Waals surface area contributed by atoms with E-state index in [0.29, 0.717) is 25.7 Å². The van der Waals surface area contributed by atoms with Crippen LogP contribution in [0.2, 0.25) is 0 Å². The summed E-state index contributed by atoms with van der Waals surface area (Å²) < 4.78 is 10.4. The van der Waals surface area contributed by atoms with E-state index in [1.54, 1.807) is 12.0 Å². The average molecular weight is 448 g/mol. The molecular formula is C16H25IN4O3. The Kier molecular flexibility index (Phi) is 8.83. The molecule has 134 valence electrons. The van der Waals surface area contributed by atoms with Crippen LogP contribution in [0.4, 0.5) is 5.69 Å². The van der Waals surface area contributed by atoms with Crippen molar-refractivity contribution in [3.8, 4) is 5.75 Å². The molecule has 0 radical (unpaired) electrons. The van der Waals surface area contributed by atoms with Gasteiger partial charge in [-0.05, 0) is 25.5 Å². The van der Waals surface area contributed by atoms with Crippen LogP contribution in [0.1, 0.15) is 13.3 Å². The van der Waals surface area contributed by atoms with E-state index >= 15 is 0 Å². The van der Waals surface area contributed by atoms with Gasteiger partial charge in [-0.25, -0.2) is 0 Å². The Balaban J connectivity index is 0.00000288. The number of fused-ring (bicyclic) bond motifs is 1. The number of anilines is 1. The van der Waals surface area contributed by atoms with Gasteiger partial charge in [-0.15, -0.1) is 24.0 Å². The fraction of sp³-hybridized carbons (Fsp3) is 0.500. The highest BCUT2D eigenvalue weighted by Gasteiger charge is 2.24. The van der Waals surface area contributed by atoms with Gasteiger partial charge in [0, 0.05) is 26.2 Å². The zero-order valence-corrected chi connectivity index (χ0v) is 16.4. The van der Waals surface area contributed by atoms with Gasteiger partial charge in [0.05, 0.1) is 12.3 Å². The van der Waals surface area contributed by atoms with Crippen LogP contribution in [-0.2, 0) is 9.53 Å². The molecule has 2 rings (SSSR count). The largest absolute Gasteiger partial charge is 0.482 e.